The predicted octanol–water partition coefficient (Wildman–Crippen LogP) is 2.53. The first kappa shape index (κ1) is 17.0. The van der Waals surface area contributed by atoms with Gasteiger partial charge in [-0.05, 0) is 56.3 Å². The quantitative estimate of drug-likeness (QED) is 0.618. The minimum atomic E-state index is -1.14. The molecule has 0 amide bonds. The second-order valence-electron chi connectivity index (χ2n) is 7.37. The molecule has 2 aliphatic rings. The fourth-order valence-corrected chi connectivity index (χ4v) is 4.46. The van der Waals surface area contributed by atoms with Gasteiger partial charge in [0.15, 0.2) is 0 Å². The monoisotopic (exact) mass is 310 g/mol. The van der Waals surface area contributed by atoms with Crippen molar-refractivity contribution < 1.29 is 24.5 Å². The van der Waals surface area contributed by atoms with Gasteiger partial charge < -0.3 is 14.9 Å². The molecule has 2 saturated carbocycles. The van der Waals surface area contributed by atoms with Gasteiger partial charge in [-0.25, -0.2) is 4.79 Å². The Labute approximate surface area is 131 Å². The number of hydrogen-bond donors (Lipinski definition) is 2. The minimum absolute atomic E-state index is 0.0462. The van der Waals surface area contributed by atoms with Crippen molar-refractivity contribution in [2.24, 2.45) is 17.3 Å². The fourth-order valence-electron chi connectivity index (χ4n) is 4.46. The molecule has 0 aromatic heterocycles. The molecule has 0 spiro atoms. The van der Waals surface area contributed by atoms with Crippen molar-refractivity contribution >= 4 is 11.9 Å². The number of ether oxygens (including phenoxy) is 1. The Bertz CT molecular complexity index is 495. The largest absolute Gasteiger partial charge is 0.478 e. The average molecular weight is 310 g/mol. The van der Waals surface area contributed by atoms with Crippen LogP contribution in [0.1, 0.15) is 52.9 Å². The van der Waals surface area contributed by atoms with Crippen LogP contribution in [-0.2, 0) is 14.3 Å². The van der Waals surface area contributed by atoms with E-state index in [0.29, 0.717) is 12.8 Å². The van der Waals surface area contributed by atoms with Gasteiger partial charge in [-0.2, -0.15) is 0 Å². The van der Waals surface area contributed by atoms with Gasteiger partial charge in [0.25, 0.3) is 0 Å². The van der Waals surface area contributed by atoms with E-state index in [-0.39, 0.29) is 22.8 Å². The Balaban J connectivity index is 2.24. The summed E-state index contributed by atoms with van der Waals surface area (Å²) in [6.45, 7) is 8.90. The number of carbonyl (C=O) groups is 2. The third-order valence-electron chi connectivity index (χ3n) is 5.84. The van der Waals surface area contributed by atoms with E-state index in [9.17, 15) is 14.7 Å². The Morgan fingerprint density at radius 2 is 1.82 bits per heavy atom. The summed E-state index contributed by atoms with van der Waals surface area (Å²) >= 11 is 0. The number of aliphatic hydroxyl groups is 1. The first-order valence-corrected chi connectivity index (χ1v) is 7.89. The van der Waals surface area contributed by atoms with Crippen molar-refractivity contribution in [1.82, 2.24) is 0 Å². The molecule has 2 aliphatic carbocycles. The Morgan fingerprint density at radius 3 is 2.36 bits per heavy atom. The lowest BCUT2D eigenvalue weighted by Gasteiger charge is -2.56. The topological polar surface area (TPSA) is 83.8 Å². The molecular weight excluding hydrogens is 284 g/mol. The lowest BCUT2D eigenvalue weighted by Crippen LogP contribution is -2.59. The number of aliphatic carboxylic acids is 1. The maximum atomic E-state index is 11.3. The number of esters is 1. The summed E-state index contributed by atoms with van der Waals surface area (Å²) in [4.78, 5) is 22.5. The van der Waals surface area contributed by atoms with E-state index in [4.69, 9.17) is 9.84 Å². The van der Waals surface area contributed by atoms with Crippen LogP contribution in [0.5, 0.6) is 0 Å². The Kier molecular flexibility index (Phi) is 4.39. The second kappa shape index (κ2) is 5.69. The first-order chi connectivity index (χ1) is 10.1. The third kappa shape index (κ3) is 2.91. The van der Waals surface area contributed by atoms with Gasteiger partial charge in [0.05, 0.1) is 0 Å². The van der Waals surface area contributed by atoms with E-state index in [1.807, 2.05) is 0 Å². The summed E-state index contributed by atoms with van der Waals surface area (Å²) in [6, 6.07) is 0. The van der Waals surface area contributed by atoms with Crippen LogP contribution in [0.15, 0.2) is 12.2 Å². The average Bonchev–Trinajstić information content (AvgIpc) is 2.41. The molecule has 2 unspecified atom stereocenters. The summed E-state index contributed by atoms with van der Waals surface area (Å²) in [6.07, 6.45) is 3.21. The molecule has 124 valence electrons. The highest BCUT2D eigenvalue weighted by atomic mass is 16.6. The highest BCUT2D eigenvalue weighted by molar-refractivity contribution is 5.86. The zero-order valence-corrected chi connectivity index (χ0v) is 13.6. The predicted molar refractivity (Wildman–Crippen MR) is 81.1 cm³/mol. The number of carboxylic acids is 1. The molecular formula is C17H26O5. The Morgan fingerprint density at radius 1 is 1.23 bits per heavy atom. The smallest absolute Gasteiger partial charge is 0.331 e. The fraction of sp³-hybridized carbons (Fsp3) is 0.765. The van der Waals surface area contributed by atoms with Crippen LogP contribution in [-0.4, -0.2) is 33.9 Å². The van der Waals surface area contributed by atoms with E-state index in [1.54, 1.807) is 6.92 Å². The Hall–Kier alpha value is -1.36. The molecule has 0 heterocycles. The number of carboxylic acid groups (broad SMARTS) is 1. The molecule has 2 N–H and O–H groups in total. The standard InChI is InChI=1S/C17H26O5/c1-10(15(19)20)12-5-7-16(3)8-6-14(22-11(2)18)17(4,21)13(16)9-12/h12-14,21H,1,5-9H2,2-4H3,(H,19,20)/t12?,13?,14-,16-,17-/m0/s1. The summed E-state index contributed by atoms with van der Waals surface area (Å²) in [7, 11) is 0. The molecule has 5 nitrogen and oxygen atoms in total. The molecule has 2 fully saturated rings. The van der Waals surface area contributed by atoms with E-state index >= 15 is 0 Å². The van der Waals surface area contributed by atoms with Crippen molar-refractivity contribution in [1.29, 1.82) is 0 Å². The summed E-state index contributed by atoms with van der Waals surface area (Å²) < 4.78 is 5.32. The molecule has 22 heavy (non-hydrogen) atoms. The van der Waals surface area contributed by atoms with E-state index in [2.05, 4.69) is 13.5 Å². The molecule has 0 saturated heterocycles. The molecule has 0 aliphatic heterocycles. The van der Waals surface area contributed by atoms with E-state index in [0.717, 1.165) is 19.3 Å². The van der Waals surface area contributed by atoms with Crippen molar-refractivity contribution in [3.05, 3.63) is 12.2 Å². The van der Waals surface area contributed by atoms with Gasteiger partial charge >= 0.3 is 11.9 Å². The van der Waals surface area contributed by atoms with Gasteiger partial charge in [0.1, 0.15) is 11.7 Å². The summed E-state index contributed by atoms with van der Waals surface area (Å²) in [5.41, 5.74) is -0.974. The van der Waals surface area contributed by atoms with Gasteiger partial charge in [-0.1, -0.05) is 13.5 Å². The van der Waals surface area contributed by atoms with Crippen LogP contribution in [0.4, 0.5) is 0 Å². The molecule has 5 atom stereocenters. The normalized spacial score (nSPS) is 41.4. The van der Waals surface area contributed by atoms with Crippen LogP contribution >= 0.6 is 0 Å². The van der Waals surface area contributed by atoms with Gasteiger partial charge in [0.2, 0.25) is 0 Å². The maximum Gasteiger partial charge on any atom is 0.331 e. The second-order valence-corrected chi connectivity index (χ2v) is 7.37. The SMILES string of the molecule is C=C(C(=O)O)C1CC[C@@]2(C)CC[C@H](OC(C)=O)[C@@](C)(O)C2C1. The molecule has 0 radical (unpaired) electrons. The maximum absolute atomic E-state index is 11.3. The molecule has 0 aromatic carbocycles. The number of carbonyl (C=O) groups excluding carboxylic acids is 1. The van der Waals surface area contributed by atoms with E-state index < -0.39 is 23.6 Å². The van der Waals surface area contributed by atoms with Crippen LogP contribution in [0.25, 0.3) is 0 Å². The van der Waals surface area contributed by atoms with Crippen molar-refractivity contribution in [2.75, 3.05) is 0 Å². The van der Waals surface area contributed by atoms with Crippen LogP contribution < -0.4 is 0 Å². The lowest BCUT2D eigenvalue weighted by molar-refractivity contribution is -0.203. The van der Waals surface area contributed by atoms with Crippen LogP contribution in [0, 0.1) is 17.3 Å². The molecule has 2 rings (SSSR count). The van der Waals surface area contributed by atoms with Gasteiger partial charge in [-0.3, -0.25) is 4.79 Å². The van der Waals surface area contributed by atoms with E-state index in [1.165, 1.54) is 6.92 Å². The van der Waals surface area contributed by atoms with Crippen LogP contribution in [0.3, 0.4) is 0 Å². The van der Waals surface area contributed by atoms with Crippen molar-refractivity contribution in [3.63, 3.8) is 0 Å². The van der Waals surface area contributed by atoms with Crippen molar-refractivity contribution in [2.45, 2.75) is 64.6 Å². The summed E-state index contributed by atoms with van der Waals surface area (Å²) in [5, 5.41) is 20.2. The number of rotatable bonds is 3. The zero-order valence-electron chi connectivity index (χ0n) is 13.6. The minimum Gasteiger partial charge on any atom is -0.478 e. The van der Waals surface area contributed by atoms with Crippen LogP contribution in [0.2, 0.25) is 0 Å². The third-order valence-corrected chi connectivity index (χ3v) is 5.84. The molecule has 0 aromatic rings. The lowest BCUT2D eigenvalue weighted by atomic mass is 9.52. The molecule has 0 bridgehead atoms. The molecule has 5 heteroatoms. The highest BCUT2D eigenvalue weighted by Crippen LogP contribution is 2.56. The van der Waals surface area contributed by atoms with Crippen molar-refractivity contribution in [3.8, 4) is 0 Å². The number of hydrogen-bond acceptors (Lipinski definition) is 4. The van der Waals surface area contributed by atoms with Gasteiger partial charge in [0, 0.05) is 12.5 Å². The van der Waals surface area contributed by atoms with Gasteiger partial charge in [-0.15, -0.1) is 0 Å². The number of fused-ring (bicyclic) bond motifs is 1. The highest BCUT2D eigenvalue weighted by Gasteiger charge is 2.56. The summed E-state index contributed by atoms with van der Waals surface area (Å²) in [5.74, 6) is -1.59. The first-order valence-electron chi connectivity index (χ1n) is 7.89. The zero-order chi connectivity index (χ0) is 16.7.